The maximum Gasteiger partial charge on any atom is 0.137 e. The first-order valence-electron chi connectivity index (χ1n) is 6.10. The van der Waals surface area contributed by atoms with Crippen molar-refractivity contribution in [2.45, 2.75) is 19.9 Å². The van der Waals surface area contributed by atoms with Gasteiger partial charge in [0.15, 0.2) is 0 Å². The molecule has 3 nitrogen and oxygen atoms in total. The predicted molar refractivity (Wildman–Crippen MR) is 76.1 cm³/mol. The van der Waals surface area contributed by atoms with Crippen LogP contribution in [0.1, 0.15) is 24.1 Å². The van der Waals surface area contributed by atoms with E-state index < -0.39 is 0 Å². The van der Waals surface area contributed by atoms with Crippen molar-refractivity contribution in [3.8, 4) is 0 Å². The van der Waals surface area contributed by atoms with Gasteiger partial charge < -0.3 is 10.6 Å². The fourth-order valence-corrected chi connectivity index (χ4v) is 2.00. The molecule has 0 unspecified atom stereocenters. The molecule has 2 aromatic rings. The third-order valence-electron chi connectivity index (χ3n) is 3.01. The van der Waals surface area contributed by atoms with E-state index >= 15 is 0 Å². The molecule has 3 heteroatoms. The van der Waals surface area contributed by atoms with Crippen LogP contribution < -0.4 is 10.6 Å². The van der Waals surface area contributed by atoms with Gasteiger partial charge in [0.1, 0.15) is 5.82 Å². The highest BCUT2D eigenvalue weighted by Crippen LogP contribution is 2.27. The molecule has 1 atom stereocenters. The number of nitrogens with zero attached hydrogens (tertiary/aromatic N) is 2. The van der Waals surface area contributed by atoms with Crippen LogP contribution in [0.25, 0.3) is 0 Å². The smallest absolute Gasteiger partial charge is 0.137 e. The molecule has 0 spiro atoms. The van der Waals surface area contributed by atoms with Gasteiger partial charge in [-0.05, 0) is 37.6 Å². The standard InChI is InChI=1S/C15H19N3/c1-11-6-4-7-13(10-11)18(3)15-14(12(2)16)8-5-9-17-15/h4-10,12H,16H2,1-3H3/t12-/m1/s1. The minimum Gasteiger partial charge on any atom is -0.329 e. The van der Waals surface area contributed by atoms with Gasteiger partial charge in [-0.2, -0.15) is 0 Å². The Morgan fingerprint density at radius 1 is 1.22 bits per heavy atom. The predicted octanol–water partition coefficient (Wildman–Crippen LogP) is 3.18. The summed E-state index contributed by atoms with van der Waals surface area (Å²) in [7, 11) is 2.02. The van der Waals surface area contributed by atoms with Gasteiger partial charge in [-0.3, -0.25) is 0 Å². The van der Waals surface area contributed by atoms with E-state index in [1.54, 1.807) is 6.20 Å². The molecule has 1 aromatic carbocycles. The van der Waals surface area contributed by atoms with Crippen LogP contribution in [-0.4, -0.2) is 12.0 Å². The Morgan fingerprint density at radius 2 is 2.00 bits per heavy atom. The molecular weight excluding hydrogens is 222 g/mol. The van der Waals surface area contributed by atoms with Gasteiger partial charge in [0.05, 0.1) is 0 Å². The van der Waals surface area contributed by atoms with Crippen LogP contribution in [0.4, 0.5) is 11.5 Å². The van der Waals surface area contributed by atoms with E-state index in [2.05, 4.69) is 41.1 Å². The number of pyridine rings is 1. The average molecular weight is 241 g/mol. The molecule has 0 radical (unpaired) electrons. The summed E-state index contributed by atoms with van der Waals surface area (Å²) in [5, 5.41) is 0. The Kier molecular flexibility index (Phi) is 3.63. The van der Waals surface area contributed by atoms with Crippen molar-refractivity contribution in [1.29, 1.82) is 0 Å². The Balaban J connectivity index is 2.43. The van der Waals surface area contributed by atoms with Crippen LogP contribution in [0, 0.1) is 6.92 Å². The van der Waals surface area contributed by atoms with Gasteiger partial charge in [-0.1, -0.05) is 18.2 Å². The van der Waals surface area contributed by atoms with Gasteiger partial charge in [0.2, 0.25) is 0 Å². The number of aromatic nitrogens is 1. The van der Waals surface area contributed by atoms with Crippen molar-refractivity contribution < 1.29 is 0 Å². The number of nitrogens with two attached hydrogens (primary N) is 1. The van der Waals surface area contributed by atoms with E-state index in [-0.39, 0.29) is 6.04 Å². The highest BCUT2D eigenvalue weighted by molar-refractivity contribution is 5.63. The number of benzene rings is 1. The first kappa shape index (κ1) is 12.6. The SMILES string of the molecule is Cc1cccc(N(C)c2ncccc2[C@@H](C)N)c1. The highest BCUT2D eigenvalue weighted by atomic mass is 15.2. The topological polar surface area (TPSA) is 42.2 Å². The third kappa shape index (κ3) is 2.51. The first-order valence-corrected chi connectivity index (χ1v) is 6.10. The van der Waals surface area contributed by atoms with E-state index in [4.69, 9.17) is 5.73 Å². The summed E-state index contributed by atoms with van der Waals surface area (Å²) in [6.07, 6.45) is 1.80. The van der Waals surface area contributed by atoms with Crippen molar-refractivity contribution in [2.75, 3.05) is 11.9 Å². The lowest BCUT2D eigenvalue weighted by Crippen LogP contribution is -2.17. The highest BCUT2D eigenvalue weighted by Gasteiger charge is 2.12. The molecule has 0 aliphatic carbocycles. The second kappa shape index (κ2) is 5.19. The Bertz CT molecular complexity index is 535. The molecule has 18 heavy (non-hydrogen) atoms. The van der Waals surface area contributed by atoms with Crippen LogP contribution in [0.3, 0.4) is 0 Å². The van der Waals surface area contributed by atoms with Crippen molar-refractivity contribution >= 4 is 11.5 Å². The lowest BCUT2D eigenvalue weighted by Gasteiger charge is -2.22. The second-order valence-corrected chi connectivity index (χ2v) is 4.60. The molecule has 1 aromatic heterocycles. The fraction of sp³-hybridized carbons (Fsp3) is 0.267. The number of anilines is 2. The molecule has 0 bridgehead atoms. The molecule has 0 aliphatic rings. The minimum absolute atomic E-state index is 0.0269. The molecule has 2 rings (SSSR count). The van der Waals surface area contributed by atoms with Gasteiger partial charge in [-0.25, -0.2) is 4.98 Å². The molecule has 0 saturated carbocycles. The van der Waals surface area contributed by atoms with Crippen LogP contribution in [0.15, 0.2) is 42.6 Å². The lowest BCUT2D eigenvalue weighted by molar-refractivity contribution is 0.807. The van der Waals surface area contributed by atoms with Crippen LogP contribution in [0.5, 0.6) is 0 Å². The summed E-state index contributed by atoms with van der Waals surface area (Å²) in [6, 6.07) is 12.3. The molecular formula is C15H19N3. The van der Waals surface area contributed by atoms with Gasteiger partial charge in [-0.15, -0.1) is 0 Å². The normalized spacial score (nSPS) is 12.2. The van der Waals surface area contributed by atoms with E-state index in [0.717, 1.165) is 17.1 Å². The maximum atomic E-state index is 5.99. The van der Waals surface area contributed by atoms with Crippen molar-refractivity contribution in [1.82, 2.24) is 4.98 Å². The zero-order valence-corrected chi connectivity index (χ0v) is 11.1. The largest absolute Gasteiger partial charge is 0.329 e. The Labute approximate surface area is 108 Å². The minimum atomic E-state index is -0.0269. The summed E-state index contributed by atoms with van der Waals surface area (Å²) in [6.45, 7) is 4.06. The van der Waals surface area contributed by atoms with Gasteiger partial charge >= 0.3 is 0 Å². The molecule has 0 amide bonds. The summed E-state index contributed by atoms with van der Waals surface area (Å²) in [5.74, 6) is 0.915. The van der Waals surface area contributed by atoms with E-state index in [9.17, 15) is 0 Å². The van der Waals surface area contributed by atoms with E-state index in [1.807, 2.05) is 26.1 Å². The van der Waals surface area contributed by atoms with Crippen LogP contribution in [0.2, 0.25) is 0 Å². The van der Waals surface area contributed by atoms with E-state index in [1.165, 1.54) is 5.56 Å². The Hall–Kier alpha value is -1.87. The monoisotopic (exact) mass is 241 g/mol. The lowest BCUT2D eigenvalue weighted by atomic mass is 10.1. The zero-order chi connectivity index (χ0) is 13.1. The van der Waals surface area contributed by atoms with Crippen molar-refractivity contribution in [2.24, 2.45) is 5.73 Å². The van der Waals surface area contributed by atoms with Crippen molar-refractivity contribution in [3.63, 3.8) is 0 Å². The van der Waals surface area contributed by atoms with Crippen molar-refractivity contribution in [3.05, 3.63) is 53.7 Å². The number of aryl methyl sites for hydroxylation is 1. The molecule has 94 valence electrons. The maximum absolute atomic E-state index is 5.99. The molecule has 0 saturated heterocycles. The fourth-order valence-electron chi connectivity index (χ4n) is 2.00. The zero-order valence-electron chi connectivity index (χ0n) is 11.1. The number of hydrogen-bond donors (Lipinski definition) is 1. The Morgan fingerprint density at radius 3 is 2.67 bits per heavy atom. The third-order valence-corrected chi connectivity index (χ3v) is 3.01. The van der Waals surface area contributed by atoms with Gasteiger partial charge in [0, 0.05) is 30.5 Å². The van der Waals surface area contributed by atoms with E-state index in [0.29, 0.717) is 0 Å². The quantitative estimate of drug-likeness (QED) is 0.897. The number of rotatable bonds is 3. The summed E-state index contributed by atoms with van der Waals surface area (Å²) in [5.41, 5.74) is 9.41. The van der Waals surface area contributed by atoms with Gasteiger partial charge in [0.25, 0.3) is 0 Å². The van der Waals surface area contributed by atoms with Crippen LogP contribution >= 0.6 is 0 Å². The summed E-state index contributed by atoms with van der Waals surface area (Å²) in [4.78, 5) is 6.53. The molecule has 0 fully saturated rings. The summed E-state index contributed by atoms with van der Waals surface area (Å²) >= 11 is 0. The average Bonchev–Trinajstić information content (AvgIpc) is 2.38. The molecule has 1 heterocycles. The molecule has 0 aliphatic heterocycles. The second-order valence-electron chi connectivity index (χ2n) is 4.60. The number of hydrogen-bond acceptors (Lipinski definition) is 3. The summed E-state index contributed by atoms with van der Waals surface area (Å²) < 4.78 is 0. The first-order chi connectivity index (χ1) is 8.59. The molecule has 2 N–H and O–H groups in total. The van der Waals surface area contributed by atoms with Crippen LogP contribution in [-0.2, 0) is 0 Å².